The molecule has 2 fully saturated rings. The molecule has 1 heterocycles. The van der Waals surface area contributed by atoms with Gasteiger partial charge in [0.2, 0.25) is 12.7 Å². The van der Waals surface area contributed by atoms with E-state index in [0.717, 1.165) is 28.9 Å². The van der Waals surface area contributed by atoms with Crippen LogP contribution in [-0.4, -0.2) is 12.7 Å². The molecule has 112 valence electrons. The normalized spacial score (nSPS) is 28.9. The van der Waals surface area contributed by atoms with Gasteiger partial charge in [-0.2, -0.15) is 0 Å². The minimum Gasteiger partial charge on any atom is -0.454 e. The highest BCUT2D eigenvalue weighted by molar-refractivity contribution is 5.76. The largest absolute Gasteiger partial charge is 0.454 e. The highest BCUT2D eigenvalue weighted by Gasteiger charge is 2.39. The molecule has 2 aliphatic carbocycles. The second-order valence-electron chi connectivity index (χ2n) is 6.60. The summed E-state index contributed by atoms with van der Waals surface area (Å²) in [6.07, 6.45) is 6.05. The van der Waals surface area contributed by atoms with Gasteiger partial charge < -0.3 is 14.8 Å². The van der Waals surface area contributed by atoms with Crippen LogP contribution >= 0.6 is 0 Å². The van der Waals surface area contributed by atoms with E-state index < -0.39 is 0 Å². The Balaban J connectivity index is 1.29. The summed E-state index contributed by atoms with van der Waals surface area (Å²) in [5.74, 6) is 4.08. The van der Waals surface area contributed by atoms with Crippen LogP contribution in [-0.2, 0) is 11.3 Å². The molecule has 21 heavy (non-hydrogen) atoms. The number of fused-ring (bicyclic) bond motifs is 3. The molecule has 1 amide bonds. The van der Waals surface area contributed by atoms with Crippen molar-refractivity contribution in [2.24, 2.45) is 17.8 Å². The number of benzene rings is 1. The zero-order valence-corrected chi connectivity index (χ0v) is 12.1. The van der Waals surface area contributed by atoms with E-state index in [9.17, 15) is 4.79 Å². The molecular formula is C17H21NO3. The molecule has 1 N–H and O–H groups in total. The number of hydrogen-bond acceptors (Lipinski definition) is 3. The van der Waals surface area contributed by atoms with Gasteiger partial charge in [-0.1, -0.05) is 12.5 Å². The van der Waals surface area contributed by atoms with Crippen LogP contribution in [0, 0.1) is 17.8 Å². The summed E-state index contributed by atoms with van der Waals surface area (Å²) in [7, 11) is 0. The molecule has 2 bridgehead atoms. The summed E-state index contributed by atoms with van der Waals surface area (Å²) in [6.45, 7) is 0.853. The monoisotopic (exact) mass is 287 g/mol. The Bertz CT molecular complexity index is 557. The molecule has 0 saturated heterocycles. The van der Waals surface area contributed by atoms with Gasteiger partial charge in [-0.15, -0.1) is 0 Å². The average molecular weight is 287 g/mol. The molecular weight excluding hydrogens is 266 g/mol. The average Bonchev–Trinajstić information content (AvgIpc) is 3.20. The van der Waals surface area contributed by atoms with E-state index in [1.165, 1.54) is 25.7 Å². The predicted octanol–water partition coefficient (Wildman–Crippen LogP) is 2.86. The molecule has 4 heteroatoms. The van der Waals surface area contributed by atoms with Crippen LogP contribution in [0.5, 0.6) is 11.5 Å². The summed E-state index contributed by atoms with van der Waals surface area (Å²) in [5, 5.41) is 3.04. The van der Waals surface area contributed by atoms with Crippen molar-refractivity contribution >= 4 is 5.91 Å². The maximum atomic E-state index is 12.1. The Kier molecular flexibility index (Phi) is 3.24. The quantitative estimate of drug-likeness (QED) is 0.926. The van der Waals surface area contributed by atoms with Crippen molar-refractivity contribution in [1.82, 2.24) is 5.32 Å². The number of rotatable bonds is 4. The van der Waals surface area contributed by atoms with Gasteiger partial charge in [0.25, 0.3) is 0 Å². The molecule has 1 aromatic rings. The fourth-order valence-electron chi connectivity index (χ4n) is 4.19. The number of ether oxygens (including phenoxy) is 2. The van der Waals surface area contributed by atoms with Gasteiger partial charge in [0.15, 0.2) is 11.5 Å². The molecule has 1 aliphatic heterocycles. The third-order valence-electron chi connectivity index (χ3n) is 5.26. The van der Waals surface area contributed by atoms with Gasteiger partial charge in [-0.3, -0.25) is 4.79 Å². The maximum absolute atomic E-state index is 12.1. The van der Waals surface area contributed by atoms with Gasteiger partial charge in [0.1, 0.15) is 0 Å². The van der Waals surface area contributed by atoms with Gasteiger partial charge in [-0.05, 0) is 54.7 Å². The topological polar surface area (TPSA) is 47.6 Å². The van der Waals surface area contributed by atoms with Gasteiger partial charge in [0.05, 0.1) is 0 Å². The van der Waals surface area contributed by atoms with Crippen molar-refractivity contribution in [3.63, 3.8) is 0 Å². The molecule has 1 aromatic carbocycles. The molecule has 3 atom stereocenters. The molecule has 4 nitrogen and oxygen atoms in total. The lowest BCUT2D eigenvalue weighted by atomic mass is 9.86. The molecule has 0 radical (unpaired) electrons. The summed E-state index contributed by atoms with van der Waals surface area (Å²) in [4.78, 5) is 12.1. The highest BCUT2D eigenvalue weighted by atomic mass is 16.7. The lowest BCUT2D eigenvalue weighted by Gasteiger charge is -2.20. The Morgan fingerprint density at radius 3 is 2.90 bits per heavy atom. The van der Waals surface area contributed by atoms with E-state index >= 15 is 0 Å². The smallest absolute Gasteiger partial charge is 0.231 e. The van der Waals surface area contributed by atoms with Crippen LogP contribution in [0.1, 0.15) is 37.7 Å². The van der Waals surface area contributed by atoms with Crippen molar-refractivity contribution in [3.8, 4) is 11.5 Å². The first kappa shape index (κ1) is 13.0. The van der Waals surface area contributed by atoms with Crippen LogP contribution in [0.25, 0.3) is 0 Å². The van der Waals surface area contributed by atoms with Crippen molar-refractivity contribution in [2.75, 3.05) is 6.79 Å². The van der Waals surface area contributed by atoms with Gasteiger partial charge in [0, 0.05) is 13.0 Å². The standard InChI is InChI=1S/C17H21NO3/c19-17(8-14-6-11-1-3-13(14)5-11)18-9-12-2-4-15-16(7-12)21-10-20-15/h2,4,7,11,13-14H,1,3,5-6,8-10H2,(H,18,19). The Hall–Kier alpha value is -1.71. The lowest BCUT2D eigenvalue weighted by molar-refractivity contribution is -0.122. The van der Waals surface area contributed by atoms with E-state index in [-0.39, 0.29) is 12.7 Å². The summed E-state index contributed by atoms with van der Waals surface area (Å²) < 4.78 is 10.6. The molecule has 2 saturated carbocycles. The Morgan fingerprint density at radius 1 is 1.19 bits per heavy atom. The van der Waals surface area contributed by atoms with E-state index in [0.29, 0.717) is 18.9 Å². The van der Waals surface area contributed by atoms with Crippen LogP contribution < -0.4 is 14.8 Å². The van der Waals surface area contributed by atoms with Crippen molar-refractivity contribution in [3.05, 3.63) is 23.8 Å². The van der Waals surface area contributed by atoms with E-state index in [1.807, 2.05) is 18.2 Å². The van der Waals surface area contributed by atoms with Crippen LogP contribution in [0.3, 0.4) is 0 Å². The molecule has 0 spiro atoms. The second kappa shape index (κ2) is 5.24. The molecule has 3 unspecified atom stereocenters. The number of nitrogens with one attached hydrogen (secondary N) is 1. The minimum atomic E-state index is 0.185. The summed E-state index contributed by atoms with van der Waals surface area (Å²) >= 11 is 0. The van der Waals surface area contributed by atoms with Crippen molar-refractivity contribution in [1.29, 1.82) is 0 Å². The molecule has 0 aromatic heterocycles. The zero-order valence-electron chi connectivity index (χ0n) is 12.1. The van der Waals surface area contributed by atoms with Crippen LogP contribution in [0.4, 0.5) is 0 Å². The number of amides is 1. The van der Waals surface area contributed by atoms with Gasteiger partial charge >= 0.3 is 0 Å². The number of carbonyl (C=O) groups is 1. The first-order valence-corrected chi connectivity index (χ1v) is 7.93. The van der Waals surface area contributed by atoms with Crippen molar-refractivity contribution < 1.29 is 14.3 Å². The van der Waals surface area contributed by atoms with E-state index in [4.69, 9.17) is 9.47 Å². The fraction of sp³-hybridized carbons (Fsp3) is 0.588. The van der Waals surface area contributed by atoms with Gasteiger partial charge in [-0.25, -0.2) is 0 Å². The highest BCUT2D eigenvalue weighted by Crippen LogP contribution is 2.49. The molecule has 4 rings (SSSR count). The van der Waals surface area contributed by atoms with Crippen LogP contribution in [0.2, 0.25) is 0 Å². The maximum Gasteiger partial charge on any atom is 0.231 e. The summed E-state index contributed by atoms with van der Waals surface area (Å²) in [6, 6.07) is 5.82. The van der Waals surface area contributed by atoms with E-state index in [2.05, 4.69) is 5.32 Å². The third-order valence-corrected chi connectivity index (χ3v) is 5.26. The second-order valence-corrected chi connectivity index (χ2v) is 6.60. The van der Waals surface area contributed by atoms with E-state index in [1.54, 1.807) is 0 Å². The fourth-order valence-corrected chi connectivity index (χ4v) is 4.19. The number of carbonyl (C=O) groups excluding carboxylic acids is 1. The Labute approximate surface area is 124 Å². The first-order valence-electron chi connectivity index (χ1n) is 7.93. The van der Waals surface area contributed by atoms with Crippen molar-refractivity contribution in [2.45, 2.75) is 38.6 Å². The predicted molar refractivity (Wildman–Crippen MR) is 78.0 cm³/mol. The Morgan fingerprint density at radius 2 is 2.10 bits per heavy atom. The first-order chi connectivity index (χ1) is 10.3. The van der Waals surface area contributed by atoms with Crippen LogP contribution in [0.15, 0.2) is 18.2 Å². The SMILES string of the molecule is O=C(CC1CC2CCC1C2)NCc1ccc2c(c1)OCO2. The minimum absolute atomic E-state index is 0.185. The lowest BCUT2D eigenvalue weighted by Crippen LogP contribution is -2.26. The zero-order chi connectivity index (χ0) is 14.2. The number of hydrogen-bond donors (Lipinski definition) is 1. The third kappa shape index (κ3) is 2.59. The molecule has 3 aliphatic rings. The summed E-state index contributed by atoms with van der Waals surface area (Å²) in [5.41, 5.74) is 1.06.